The molecule has 2 aromatic rings. The van der Waals surface area contributed by atoms with Gasteiger partial charge in [-0.25, -0.2) is 4.79 Å². The first kappa shape index (κ1) is 17.9. The Hall–Kier alpha value is -2.46. The van der Waals surface area contributed by atoms with Gasteiger partial charge < -0.3 is 14.6 Å². The Labute approximate surface area is 146 Å². The third kappa shape index (κ3) is 4.52. The maximum Gasteiger partial charge on any atom is 0.336 e. The molecule has 24 heavy (non-hydrogen) atoms. The Morgan fingerprint density at radius 1 is 1.08 bits per heavy atom. The number of hydrogen-bond acceptors (Lipinski definition) is 3. The monoisotopic (exact) mass is 346 g/mol. The second-order valence-corrected chi connectivity index (χ2v) is 5.37. The van der Waals surface area contributed by atoms with E-state index < -0.39 is 5.97 Å². The molecule has 2 rings (SSSR count). The standard InChI is InChI=1S/C19H19ClO4/c1-3-23-16-10-7-14(18(12-16)24-4-2)11-17(19(21)22)13-5-8-15(20)9-6-13/h5-12H,3-4H2,1-2H3,(H,21,22)/b17-11-. The van der Waals surface area contributed by atoms with Crippen LogP contribution in [0.4, 0.5) is 0 Å². The van der Waals surface area contributed by atoms with E-state index in [4.69, 9.17) is 21.1 Å². The van der Waals surface area contributed by atoms with Crippen molar-refractivity contribution in [1.29, 1.82) is 0 Å². The minimum absolute atomic E-state index is 0.164. The van der Waals surface area contributed by atoms with E-state index in [9.17, 15) is 9.90 Å². The second-order valence-electron chi connectivity index (χ2n) is 4.94. The zero-order valence-electron chi connectivity index (χ0n) is 13.6. The quantitative estimate of drug-likeness (QED) is 0.580. The van der Waals surface area contributed by atoms with Gasteiger partial charge in [-0.05, 0) is 49.8 Å². The molecular weight excluding hydrogens is 328 g/mol. The van der Waals surface area contributed by atoms with Crippen LogP contribution < -0.4 is 9.47 Å². The molecule has 0 atom stereocenters. The molecule has 0 radical (unpaired) electrons. The van der Waals surface area contributed by atoms with E-state index in [0.717, 1.165) is 0 Å². The van der Waals surface area contributed by atoms with E-state index in [2.05, 4.69) is 0 Å². The lowest BCUT2D eigenvalue weighted by Gasteiger charge is -2.11. The van der Waals surface area contributed by atoms with Crippen molar-refractivity contribution in [2.45, 2.75) is 13.8 Å². The largest absolute Gasteiger partial charge is 0.494 e. The Morgan fingerprint density at radius 3 is 2.33 bits per heavy atom. The van der Waals surface area contributed by atoms with Gasteiger partial charge in [0.15, 0.2) is 0 Å². The van der Waals surface area contributed by atoms with Crippen LogP contribution in [-0.4, -0.2) is 24.3 Å². The highest BCUT2D eigenvalue weighted by atomic mass is 35.5. The highest BCUT2D eigenvalue weighted by Gasteiger charge is 2.13. The zero-order valence-corrected chi connectivity index (χ0v) is 14.3. The molecule has 0 aromatic heterocycles. The first-order chi connectivity index (χ1) is 11.5. The molecule has 0 fully saturated rings. The molecule has 0 heterocycles. The number of aliphatic carboxylic acids is 1. The smallest absolute Gasteiger partial charge is 0.336 e. The summed E-state index contributed by atoms with van der Waals surface area (Å²) in [6.45, 7) is 4.79. The van der Waals surface area contributed by atoms with E-state index in [0.29, 0.717) is 40.9 Å². The van der Waals surface area contributed by atoms with Gasteiger partial charge in [-0.1, -0.05) is 23.7 Å². The molecule has 4 nitrogen and oxygen atoms in total. The van der Waals surface area contributed by atoms with Crippen molar-refractivity contribution in [3.8, 4) is 11.5 Å². The summed E-state index contributed by atoms with van der Waals surface area (Å²) >= 11 is 5.87. The van der Waals surface area contributed by atoms with E-state index in [1.807, 2.05) is 13.8 Å². The van der Waals surface area contributed by atoms with Gasteiger partial charge in [0.1, 0.15) is 11.5 Å². The normalized spacial score (nSPS) is 11.2. The molecule has 0 spiro atoms. The van der Waals surface area contributed by atoms with Gasteiger partial charge in [0.05, 0.1) is 18.8 Å². The molecular formula is C19H19ClO4. The maximum atomic E-state index is 11.7. The lowest BCUT2D eigenvalue weighted by Crippen LogP contribution is -2.01. The minimum Gasteiger partial charge on any atom is -0.494 e. The summed E-state index contributed by atoms with van der Waals surface area (Å²) in [6, 6.07) is 12.0. The van der Waals surface area contributed by atoms with Crippen LogP contribution in [0.3, 0.4) is 0 Å². The first-order valence-corrected chi connectivity index (χ1v) is 8.03. The van der Waals surface area contributed by atoms with Crippen LogP contribution in [0.5, 0.6) is 11.5 Å². The molecule has 2 aromatic carbocycles. The number of ether oxygens (including phenoxy) is 2. The number of benzene rings is 2. The maximum absolute atomic E-state index is 11.7. The van der Waals surface area contributed by atoms with Crippen molar-refractivity contribution in [2.24, 2.45) is 0 Å². The molecule has 0 saturated carbocycles. The third-order valence-corrected chi connectivity index (χ3v) is 3.53. The molecule has 0 amide bonds. The van der Waals surface area contributed by atoms with Gasteiger partial charge in [-0.15, -0.1) is 0 Å². The van der Waals surface area contributed by atoms with Crippen molar-refractivity contribution < 1.29 is 19.4 Å². The van der Waals surface area contributed by atoms with E-state index >= 15 is 0 Å². The van der Waals surface area contributed by atoms with Gasteiger partial charge in [-0.2, -0.15) is 0 Å². The summed E-state index contributed by atoms with van der Waals surface area (Å²) in [5, 5.41) is 10.1. The summed E-state index contributed by atoms with van der Waals surface area (Å²) < 4.78 is 11.1. The first-order valence-electron chi connectivity index (χ1n) is 7.65. The van der Waals surface area contributed by atoms with Crippen molar-refractivity contribution >= 4 is 29.2 Å². The third-order valence-electron chi connectivity index (χ3n) is 3.28. The number of hydrogen-bond donors (Lipinski definition) is 1. The van der Waals surface area contributed by atoms with Crippen molar-refractivity contribution in [2.75, 3.05) is 13.2 Å². The average molecular weight is 347 g/mol. The fraction of sp³-hybridized carbons (Fsp3) is 0.211. The lowest BCUT2D eigenvalue weighted by molar-refractivity contribution is -0.130. The van der Waals surface area contributed by atoms with Crippen LogP contribution in [-0.2, 0) is 4.79 Å². The average Bonchev–Trinajstić information content (AvgIpc) is 2.55. The Kier molecular flexibility index (Phi) is 6.27. The molecule has 0 unspecified atom stereocenters. The van der Waals surface area contributed by atoms with E-state index in [-0.39, 0.29) is 5.57 Å². The number of halogens is 1. The van der Waals surface area contributed by atoms with Crippen LogP contribution in [0.15, 0.2) is 42.5 Å². The van der Waals surface area contributed by atoms with Gasteiger partial charge in [-0.3, -0.25) is 0 Å². The molecule has 0 aliphatic carbocycles. The van der Waals surface area contributed by atoms with Crippen LogP contribution in [0.25, 0.3) is 11.6 Å². The molecule has 0 bridgehead atoms. The lowest BCUT2D eigenvalue weighted by atomic mass is 10.0. The highest BCUT2D eigenvalue weighted by Crippen LogP contribution is 2.29. The molecule has 1 N–H and O–H groups in total. The topological polar surface area (TPSA) is 55.8 Å². The fourth-order valence-electron chi connectivity index (χ4n) is 2.22. The molecule has 0 aliphatic rings. The Balaban J connectivity index is 2.48. The zero-order chi connectivity index (χ0) is 17.5. The molecule has 0 aliphatic heterocycles. The van der Waals surface area contributed by atoms with Crippen LogP contribution in [0.1, 0.15) is 25.0 Å². The molecule has 5 heteroatoms. The summed E-state index contributed by atoms with van der Waals surface area (Å²) in [5.41, 5.74) is 1.41. The predicted molar refractivity (Wildman–Crippen MR) is 95.7 cm³/mol. The minimum atomic E-state index is -1.02. The van der Waals surface area contributed by atoms with E-state index in [1.165, 1.54) is 0 Å². The Morgan fingerprint density at radius 2 is 1.75 bits per heavy atom. The summed E-state index contributed by atoms with van der Waals surface area (Å²) in [5.74, 6) is 0.242. The van der Waals surface area contributed by atoms with Gasteiger partial charge in [0.25, 0.3) is 0 Å². The Bertz CT molecular complexity index is 736. The molecule has 0 saturated heterocycles. The predicted octanol–water partition coefficient (Wildman–Crippen LogP) is 4.76. The summed E-state index contributed by atoms with van der Waals surface area (Å²) in [7, 11) is 0. The number of rotatable bonds is 7. The van der Waals surface area contributed by atoms with Gasteiger partial charge >= 0.3 is 5.97 Å². The van der Waals surface area contributed by atoms with E-state index in [1.54, 1.807) is 48.5 Å². The highest BCUT2D eigenvalue weighted by molar-refractivity contribution is 6.30. The second kappa shape index (κ2) is 8.41. The fourth-order valence-corrected chi connectivity index (χ4v) is 2.35. The molecule has 126 valence electrons. The van der Waals surface area contributed by atoms with Crippen molar-refractivity contribution in [3.05, 3.63) is 58.6 Å². The van der Waals surface area contributed by atoms with Crippen molar-refractivity contribution in [1.82, 2.24) is 0 Å². The van der Waals surface area contributed by atoms with Crippen LogP contribution in [0, 0.1) is 0 Å². The SMILES string of the molecule is CCOc1ccc(/C=C(\C(=O)O)c2ccc(Cl)cc2)c(OCC)c1. The van der Waals surface area contributed by atoms with Gasteiger partial charge in [0.2, 0.25) is 0 Å². The summed E-state index contributed by atoms with van der Waals surface area (Å²) in [4.78, 5) is 11.7. The van der Waals surface area contributed by atoms with Crippen molar-refractivity contribution in [3.63, 3.8) is 0 Å². The van der Waals surface area contributed by atoms with Crippen LogP contribution >= 0.6 is 11.6 Å². The van der Waals surface area contributed by atoms with Gasteiger partial charge in [0, 0.05) is 16.7 Å². The number of carboxylic acids is 1. The van der Waals surface area contributed by atoms with Crippen LogP contribution in [0.2, 0.25) is 5.02 Å². The number of carbonyl (C=O) groups is 1. The summed E-state index contributed by atoms with van der Waals surface area (Å²) in [6.07, 6.45) is 1.59. The number of carboxylic acid groups (broad SMARTS) is 1.